The first-order valence-corrected chi connectivity index (χ1v) is 7.60. The molecule has 7 heteroatoms. The van der Waals surface area contributed by atoms with Gasteiger partial charge in [0.05, 0.1) is 18.3 Å². The zero-order chi connectivity index (χ0) is 14.7. The molecule has 6 nitrogen and oxygen atoms in total. The van der Waals surface area contributed by atoms with E-state index < -0.39 is 0 Å². The summed E-state index contributed by atoms with van der Waals surface area (Å²) >= 11 is 1.51. The van der Waals surface area contributed by atoms with Gasteiger partial charge in [-0.25, -0.2) is 0 Å². The molecule has 1 N–H and O–H groups in total. The van der Waals surface area contributed by atoms with Gasteiger partial charge in [-0.3, -0.25) is 9.48 Å². The molecule has 0 amide bonds. The second-order valence-electron chi connectivity index (χ2n) is 4.61. The number of aromatic nitrogens is 4. The van der Waals surface area contributed by atoms with Gasteiger partial charge in [-0.05, 0) is 18.6 Å². The molecule has 0 aliphatic heterocycles. The van der Waals surface area contributed by atoms with Gasteiger partial charge in [0.15, 0.2) is 0 Å². The molecule has 0 bridgehead atoms. The number of fused-ring (bicyclic) bond motifs is 1. The molecule has 0 unspecified atom stereocenters. The van der Waals surface area contributed by atoms with Crippen LogP contribution in [0.1, 0.15) is 18.4 Å². The van der Waals surface area contributed by atoms with Crippen LogP contribution < -0.4 is 10.7 Å². The largest absolute Gasteiger partial charge is 0.360 e. The molecule has 0 saturated carbocycles. The molecule has 2 aromatic heterocycles. The summed E-state index contributed by atoms with van der Waals surface area (Å²) in [6, 6.07) is 7.45. The molecule has 0 aliphatic carbocycles. The van der Waals surface area contributed by atoms with Gasteiger partial charge in [0.25, 0.3) is 0 Å². The van der Waals surface area contributed by atoms with E-state index >= 15 is 0 Å². The second-order valence-corrected chi connectivity index (χ2v) is 5.67. The molecular formula is C14H15N5OS. The Morgan fingerprint density at radius 3 is 3.00 bits per heavy atom. The van der Waals surface area contributed by atoms with Crippen LogP contribution in [0.25, 0.3) is 10.9 Å². The Morgan fingerprint density at radius 1 is 1.29 bits per heavy atom. The number of nitrogens with one attached hydrogen (secondary N) is 1. The standard InChI is InChI=1S/C14H15N5OS/c1-2-7-15-14-18-17-13(21-14)9-19-11-6-4-3-5-10(11)12(20)8-16-19/h3-6,8H,2,7,9H2,1H3,(H,15,18). The van der Waals surface area contributed by atoms with Crippen molar-refractivity contribution in [3.63, 3.8) is 0 Å². The van der Waals surface area contributed by atoms with Crippen LogP contribution >= 0.6 is 11.3 Å². The maximum absolute atomic E-state index is 11.8. The Balaban J connectivity index is 1.90. The Labute approximate surface area is 125 Å². The average Bonchev–Trinajstić information content (AvgIpc) is 2.96. The predicted molar refractivity (Wildman–Crippen MR) is 83.8 cm³/mol. The topological polar surface area (TPSA) is 72.7 Å². The first kappa shape index (κ1) is 13.7. The quantitative estimate of drug-likeness (QED) is 0.781. The third-order valence-corrected chi connectivity index (χ3v) is 3.91. The fourth-order valence-electron chi connectivity index (χ4n) is 2.04. The molecule has 0 atom stereocenters. The Hall–Kier alpha value is -2.28. The Bertz CT molecular complexity index is 810. The summed E-state index contributed by atoms with van der Waals surface area (Å²) in [4.78, 5) is 11.8. The lowest BCUT2D eigenvalue weighted by atomic mass is 10.2. The monoisotopic (exact) mass is 301 g/mol. The third-order valence-electron chi connectivity index (χ3n) is 3.04. The lowest BCUT2D eigenvalue weighted by Crippen LogP contribution is -2.12. The number of anilines is 1. The van der Waals surface area contributed by atoms with Gasteiger partial charge in [-0.2, -0.15) is 5.10 Å². The molecule has 0 saturated heterocycles. The number of nitrogens with zero attached hydrogens (tertiary/aromatic N) is 4. The molecule has 0 fully saturated rings. The highest BCUT2D eigenvalue weighted by Gasteiger charge is 2.08. The van der Waals surface area contributed by atoms with Crippen molar-refractivity contribution in [2.75, 3.05) is 11.9 Å². The van der Waals surface area contributed by atoms with Crippen LogP contribution in [-0.4, -0.2) is 26.5 Å². The predicted octanol–water partition coefficient (Wildman–Crippen LogP) is 2.12. The van der Waals surface area contributed by atoms with E-state index in [1.807, 2.05) is 24.3 Å². The zero-order valence-corrected chi connectivity index (χ0v) is 12.4. The van der Waals surface area contributed by atoms with Gasteiger partial charge < -0.3 is 5.32 Å². The highest BCUT2D eigenvalue weighted by molar-refractivity contribution is 7.15. The summed E-state index contributed by atoms with van der Waals surface area (Å²) in [5, 5.41) is 18.0. The minimum absolute atomic E-state index is 0.0654. The highest BCUT2D eigenvalue weighted by Crippen LogP contribution is 2.17. The van der Waals surface area contributed by atoms with Crippen molar-refractivity contribution >= 4 is 27.4 Å². The van der Waals surface area contributed by atoms with Crippen LogP contribution in [0.4, 0.5) is 5.13 Å². The fourth-order valence-corrected chi connectivity index (χ4v) is 2.78. The molecule has 1 aromatic carbocycles. The van der Waals surface area contributed by atoms with Crippen LogP contribution in [0.3, 0.4) is 0 Å². The van der Waals surface area contributed by atoms with E-state index in [-0.39, 0.29) is 5.43 Å². The van der Waals surface area contributed by atoms with Gasteiger partial charge in [0, 0.05) is 11.9 Å². The second kappa shape index (κ2) is 6.01. The lowest BCUT2D eigenvalue weighted by molar-refractivity contribution is 0.685. The van der Waals surface area contributed by atoms with Crippen LogP contribution in [0, 0.1) is 0 Å². The van der Waals surface area contributed by atoms with Gasteiger partial charge in [-0.15, -0.1) is 10.2 Å². The summed E-state index contributed by atoms with van der Waals surface area (Å²) in [6.45, 7) is 3.49. The van der Waals surface area contributed by atoms with E-state index in [2.05, 4.69) is 27.5 Å². The Morgan fingerprint density at radius 2 is 2.14 bits per heavy atom. The van der Waals surface area contributed by atoms with E-state index in [0.717, 1.165) is 28.6 Å². The number of benzene rings is 1. The minimum atomic E-state index is -0.0654. The Kier molecular flexibility index (Phi) is 3.92. The molecule has 0 aliphatic rings. The average molecular weight is 301 g/mol. The van der Waals surface area contributed by atoms with Gasteiger partial charge in [-0.1, -0.05) is 30.4 Å². The van der Waals surface area contributed by atoms with Crippen LogP contribution in [0.5, 0.6) is 0 Å². The summed E-state index contributed by atoms with van der Waals surface area (Å²) < 4.78 is 1.78. The van der Waals surface area contributed by atoms with Crippen LogP contribution in [0.15, 0.2) is 35.3 Å². The summed E-state index contributed by atoms with van der Waals surface area (Å²) in [5.74, 6) is 0. The first-order valence-electron chi connectivity index (χ1n) is 6.79. The molecule has 0 radical (unpaired) electrons. The fraction of sp³-hybridized carbons (Fsp3) is 0.286. The summed E-state index contributed by atoms with van der Waals surface area (Å²) in [6.07, 6.45) is 2.39. The molecule has 0 spiro atoms. The van der Waals surface area contributed by atoms with Crippen LogP contribution in [-0.2, 0) is 6.54 Å². The number of para-hydroxylation sites is 1. The molecule has 21 heavy (non-hydrogen) atoms. The summed E-state index contributed by atoms with van der Waals surface area (Å²) in [5.41, 5.74) is 0.743. The van der Waals surface area contributed by atoms with E-state index in [1.54, 1.807) is 4.68 Å². The van der Waals surface area contributed by atoms with Crippen molar-refractivity contribution in [2.24, 2.45) is 0 Å². The number of hydrogen-bond acceptors (Lipinski definition) is 6. The molecular weight excluding hydrogens is 286 g/mol. The van der Waals surface area contributed by atoms with Crippen molar-refractivity contribution in [1.29, 1.82) is 0 Å². The van der Waals surface area contributed by atoms with E-state index in [0.29, 0.717) is 11.9 Å². The number of hydrogen-bond donors (Lipinski definition) is 1. The van der Waals surface area contributed by atoms with E-state index in [4.69, 9.17) is 0 Å². The van der Waals surface area contributed by atoms with Gasteiger partial charge >= 0.3 is 0 Å². The van der Waals surface area contributed by atoms with Gasteiger partial charge in [0.2, 0.25) is 10.6 Å². The smallest absolute Gasteiger partial charge is 0.207 e. The van der Waals surface area contributed by atoms with E-state index in [9.17, 15) is 4.79 Å². The SMILES string of the molecule is CCCNc1nnc(Cn2ncc(=O)c3ccccc32)s1. The number of rotatable bonds is 5. The molecule has 108 valence electrons. The third kappa shape index (κ3) is 2.92. The normalized spacial score (nSPS) is 10.9. The van der Waals surface area contributed by atoms with Crippen molar-refractivity contribution in [3.05, 3.63) is 45.7 Å². The minimum Gasteiger partial charge on any atom is -0.360 e. The van der Waals surface area contributed by atoms with Crippen molar-refractivity contribution in [1.82, 2.24) is 20.0 Å². The molecule has 3 aromatic rings. The first-order chi connectivity index (χ1) is 10.3. The van der Waals surface area contributed by atoms with Gasteiger partial charge in [0.1, 0.15) is 5.01 Å². The highest BCUT2D eigenvalue weighted by atomic mass is 32.1. The summed E-state index contributed by atoms with van der Waals surface area (Å²) in [7, 11) is 0. The maximum Gasteiger partial charge on any atom is 0.207 e. The molecule has 2 heterocycles. The zero-order valence-electron chi connectivity index (χ0n) is 11.6. The van der Waals surface area contributed by atoms with Crippen molar-refractivity contribution in [3.8, 4) is 0 Å². The van der Waals surface area contributed by atoms with Crippen molar-refractivity contribution in [2.45, 2.75) is 19.9 Å². The van der Waals surface area contributed by atoms with E-state index in [1.165, 1.54) is 17.5 Å². The van der Waals surface area contributed by atoms with Crippen molar-refractivity contribution < 1.29 is 0 Å². The lowest BCUT2D eigenvalue weighted by Gasteiger charge is -2.06. The van der Waals surface area contributed by atoms with Crippen LogP contribution in [0.2, 0.25) is 0 Å². The molecule has 3 rings (SSSR count). The maximum atomic E-state index is 11.8.